The van der Waals surface area contributed by atoms with Crippen LogP contribution in [0.2, 0.25) is 0 Å². The fraction of sp³-hybridized carbons (Fsp3) is 0.192. The summed E-state index contributed by atoms with van der Waals surface area (Å²) in [6, 6.07) is 22.0. The Labute approximate surface area is 203 Å². The van der Waals surface area contributed by atoms with E-state index in [-0.39, 0.29) is 29.4 Å². The SMILES string of the molecule is Cc1cccc(NC(=O)CSCC(=O)NCc2cccc(NC(=O)Nc3cccc(C)c3)c2)c1. The predicted octanol–water partition coefficient (Wildman–Crippen LogP) is 4.94. The molecular formula is C26H28N4O3S. The van der Waals surface area contributed by atoms with Gasteiger partial charge in [0.1, 0.15) is 0 Å². The Hall–Kier alpha value is -3.78. The summed E-state index contributed by atoms with van der Waals surface area (Å²) in [4.78, 5) is 36.4. The zero-order valence-electron chi connectivity index (χ0n) is 19.2. The molecular weight excluding hydrogens is 448 g/mol. The van der Waals surface area contributed by atoms with Crippen LogP contribution in [0, 0.1) is 13.8 Å². The van der Waals surface area contributed by atoms with Crippen LogP contribution in [0.15, 0.2) is 72.8 Å². The van der Waals surface area contributed by atoms with Crippen LogP contribution in [0.4, 0.5) is 21.9 Å². The van der Waals surface area contributed by atoms with E-state index in [1.165, 1.54) is 11.8 Å². The molecule has 0 aliphatic carbocycles. The zero-order valence-corrected chi connectivity index (χ0v) is 20.0. The third kappa shape index (κ3) is 8.63. The number of anilines is 3. The van der Waals surface area contributed by atoms with Gasteiger partial charge >= 0.3 is 6.03 Å². The first-order valence-corrected chi connectivity index (χ1v) is 12.0. The van der Waals surface area contributed by atoms with Crippen molar-refractivity contribution in [3.63, 3.8) is 0 Å². The molecule has 0 saturated carbocycles. The van der Waals surface area contributed by atoms with E-state index in [9.17, 15) is 14.4 Å². The standard InChI is InChI=1S/C26H28N4O3S/c1-18-6-3-9-21(12-18)28-25(32)17-34-16-24(31)27-15-20-8-5-11-23(14-20)30-26(33)29-22-10-4-7-19(2)13-22/h3-14H,15-17H2,1-2H3,(H,27,31)(H,28,32)(H2,29,30,33). The topological polar surface area (TPSA) is 99.3 Å². The average molecular weight is 477 g/mol. The van der Waals surface area contributed by atoms with Crippen molar-refractivity contribution in [2.45, 2.75) is 20.4 Å². The molecule has 3 aromatic carbocycles. The van der Waals surface area contributed by atoms with Crippen molar-refractivity contribution in [3.05, 3.63) is 89.5 Å². The molecule has 34 heavy (non-hydrogen) atoms. The fourth-order valence-electron chi connectivity index (χ4n) is 3.18. The van der Waals surface area contributed by atoms with Crippen LogP contribution < -0.4 is 21.3 Å². The lowest BCUT2D eigenvalue weighted by Crippen LogP contribution is -2.25. The van der Waals surface area contributed by atoms with Gasteiger partial charge in [0.25, 0.3) is 0 Å². The highest BCUT2D eigenvalue weighted by molar-refractivity contribution is 8.00. The number of hydrogen-bond acceptors (Lipinski definition) is 4. The lowest BCUT2D eigenvalue weighted by atomic mass is 10.2. The van der Waals surface area contributed by atoms with Gasteiger partial charge in [-0.1, -0.05) is 36.4 Å². The van der Waals surface area contributed by atoms with Gasteiger partial charge in [-0.05, 0) is 66.9 Å². The minimum Gasteiger partial charge on any atom is -0.351 e. The van der Waals surface area contributed by atoms with Gasteiger partial charge in [-0.2, -0.15) is 0 Å². The van der Waals surface area contributed by atoms with Crippen molar-refractivity contribution < 1.29 is 14.4 Å². The molecule has 176 valence electrons. The summed E-state index contributed by atoms with van der Waals surface area (Å²) in [7, 11) is 0. The molecule has 0 fully saturated rings. The maximum Gasteiger partial charge on any atom is 0.323 e. The van der Waals surface area contributed by atoms with E-state index in [0.29, 0.717) is 17.9 Å². The van der Waals surface area contributed by atoms with E-state index in [1.807, 2.05) is 74.5 Å². The quantitative estimate of drug-likeness (QED) is 0.352. The van der Waals surface area contributed by atoms with Gasteiger partial charge in [0, 0.05) is 23.6 Å². The monoisotopic (exact) mass is 476 g/mol. The maximum atomic E-state index is 12.2. The molecule has 4 amide bonds. The largest absolute Gasteiger partial charge is 0.351 e. The van der Waals surface area contributed by atoms with Crippen molar-refractivity contribution >= 4 is 46.7 Å². The van der Waals surface area contributed by atoms with Crippen molar-refractivity contribution in [2.75, 3.05) is 27.5 Å². The Kier molecular flexibility index (Phi) is 9.11. The molecule has 0 aliphatic heterocycles. The van der Waals surface area contributed by atoms with Crippen LogP contribution in [-0.4, -0.2) is 29.4 Å². The Bertz CT molecular complexity index is 1170. The average Bonchev–Trinajstić information content (AvgIpc) is 2.78. The molecule has 0 unspecified atom stereocenters. The smallest absolute Gasteiger partial charge is 0.323 e. The first-order valence-electron chi connectivity index (χ1n) is 10.8. The molecule has 0 radical (unpaired) electrons. The Balaban J connectivity index is 1.38. The summed E-state index contributed by atoms with van der Waals surface area (Å²) in [5.41, 5.74) is 5.06. The normalized spacial score (nSPS) is 10.3. The van der Waals surface area contributed by atoms with E-state index in [4.69, 9.17) is 0 Å². The number of nitrogens with one attached hydrogen (secondary N) is 4. The van der Waals surface area contributed by atoms with Crippen molar-refractivity contribution in [3.8, 4) is 0 Å². The summed E-state index contributed by atoms with van der Waals surface area (Å²) in [6.45, 7) is 4.24. The van der Waals surface area contributed by atoms with E-state index in [2.05, 4.69) is 21.3 Å². The van der Waals surface area contributed by atoms with Crippen LogP contribution in [0.25, 0.3) is 0 Å². The van der Waals surface area contributed by atoms with E-state index < -0.39 is 0 Å². The second-order valence-corrected chi connectivity index (χ2v) is 8.82. The molecule has 3 aromatic rings. The third-order valence-corrected chi connectivity index (χ3v) is 5.65. The number of carbonyl (C=O) groups excluding carboxylic acids is 3. The van der Waals surface area contributed by atoms with Crippen molar-refractivity contribution in [2.24, 2.45) is 0 Å². The van der Waals surface area contributed by atoms with E-state index in [1.54, 1.807) is 12.1 Å². The number of benzene rings is 3. The number of carbonyl (C=O) groups is 3. The summed E-state index contributed by atoms with van der Waals surface area (Å²) in [5, 5.41) is 11.3. The van der Waals surface area contributed by atoms with Gasteiger partial charge in [-0.25, -0.2) is 4.79 Å². The molecule has 3 rings (SSSR count). The van der Waals surface area contributed by atoms with Gasteiger partial charge in [-0.15, -0.1) is 11.8 Å². The second-order valence-electron chi connectivity index (χ2n) is 7.84. The lowest BCUT2D eigenvalue weighted by Gasteiger charge is -2.10. The highest BCUT2D eigenvalue weighted by atomic mass is 32.2. The molecule has 0 aromatic heterocycles. The Morgan fingerprint density at radius 2 is 1.21 bits per heavy atom. The summed E-state index contributed by atoms with van der Waals surface area (Å²) in [5.74, 6) is 0.0598. The molecule has 0 spiro atoms. The third-order valence-electron chi connectivity index (χ3n) is 4.72. The van der Waals surface area contributed by atoms with Gasteiger partial charge < -0.3 is 21.3 Å². The Morgan fingerprint density at radius 3 is 1.82 bits per heavy atom. The molecule has 0 bridgehead atoms. The molecule has 0 heterocycles. The van der Waals surface area contributed by atoms with Crippen LogP contribution in [0.3, 0.4) is 0 Å². The summed E-state index contributed by atoms with van der Waals surface area (Å²) in [6.07, 6.45) is 0. The molecule has 7 nitrogen and oxygen atoms in total. The molecule has 0 aliphatic rings. The highest BCUT2D eigenvalue weighted by Crippen LogP contribution is 2.14. The summed E-state index contributed by atoms with van der Waals surface area (Å²) >= 11 is 1.25. The van der Waals surface area contributed by atoms with Crippen LogP contribution in [0.1, 0.15) is 16.7 Å². The first-order chi connectivity index (χ1) is 16.4. The number of urea groups is 1. The number of rotatable bonds is 9. The van der Waals surface area contributed by atoms with E-state index in [0.717, 1.165) is 22.4 Å². The van der Waals surface area contributed by atoms with Gasteiger partial charge in [-0.3, -0.25) is 9.59 Å². The first kappa shape index (κ1) is 24.9. The Morgan fingerprint density at radius 1 is 0.676 bits per heavy atom. The number of thioether (sulfide) groups is 1. The second kappa shape index (κ2) is 12.5. The van der Waals surface area contributed by atoms with Crippen LogP contribution in [-0.2, 0) is 16.1 Å². The zero-order chi connectivity index (χ0) is 24.3. The van der Waals surface area contributed by atoms with Gasteiger partial charge in [0.05, 0.1) is 11.5 Å². The number of amides is 4. The van der Waals surface area contributed by atoms with Gasteiger partial charge in [0.2, 0.25) is 11.8 Å². The molecule has 8 heteroatoms. The van der Waals surface area contributed by atoms with Crippen molar-refractivity contribution in [1.82, 2.24) is 5.32 Å². The minimum absolute atomic E-state index is 0.147. The van der Waals surface area contributed by atoms with Gasteiger partial charge in [0.15, 0.2) is 0 Å². The maximum absolute atomic E-state index is 12.2. The minimum atomic E-state index is -0.341. The summed E-state index contributed by atoms with van der Waals surface area (Å²) < 4.78 is 0. The molecule has 0 atom stereocenters. The lowest BCUT2D eigenvalue weighted by molar-refractivity contribution is -0.118. The number of hydrogen-bond donors (Lipinski definition) is 4. The molecule has 0 saturated heterocycles. The predicted molar refractivity (Wildman–Crippen MR) is 139 cm³/mol. The number of aryl methyl sites for hydroxylation is 2. The molecule has 4 N–H and O–H groups in total. The van der Waals surface area contributed by atoms with Crippen LogP contribution >= 0.6 is 11.8 Å². The van der Waals surface area contributed by atoms with Crippen molar-refractivity contribution in [1.29, 1.82) is 0 Å². The fourth-order valence-corrected chi connectivity index (χ4v) is 3.83. The van der Waals surface area contributed by atoms with E-state index >= 15 is 0 Å². The highest BCUT2D eigenvalue weighted by Gasteiger charge is 2.08. The van der Waals surface area contributed by atoms with Crippen LogP contribution in [0.5, 0.6) is 0 Å².